The van der Waals surface area contributed by atoms with E-state index in [1.165, 1.54) is 19.4 Å². The molecule has 0 spiro atoms. The van der Waals surface area contributed by atoms with Crippen LogP contribution in [0.5, 0.6) is 0 Å². The minimum absolute atomic E-state index is 0. The maximum Gasteiger partial charge on any atom is 2.00 e. The zero-order chi connectivity index (χ0) is 24.8. The molecule has 0 heterocycles. The summed E-state index contributed by atoms with van der Waals surface area (Å²) >= 11 is 1.32. The van der Waals surface area contributed by atoms with E-state index in [9.17, 15) is 0 Å². The number of nitrogens with zero attached hydrogens (tertiary/aromatic N) is 1. The largest absolute Gasteiger partial charge is 2.00 e. The number of rotatable bonds is 1. The fraction of sp³-hybridized carbons (Fsp3) is 0.105. The van der Waals surface area contributed by atoms with E-state index in [4.69, 9.17) is 39.0 Å². The minimum atomic E-state index is 0. The standard InChI is InChI=1S/C7H6N.C5H5.7CO.Fe.W/c1-4-5-6-7-8(2)3;1-2-4-5-3-1;7*1-2;;/h2-3H3;1-5H;;;;;;;;;/q-1;;;;;;;;;+2;. The van der Waals surface area contributed by atoms with Crippen LogP contribution in [0.3, 0.4) is 0 Å². The molecule has 0 amide bonds. The molecular formula is C19H11FeNO7W+. The number of hydrogen-bond acceptors (Lipinski definition) is 1. The van der Waals surface area contributed by atoms with Crippen molar-refractivity contribution in [2.45, 2.75) is 0 Å². The van der Waals surface area contributed by atoms with E-state index >= 15 is 0 Å². The molecule has 1 aliphatic rings. The summed E-state index contributed by atoms with van der Waals surface area (Å²) in [5.74, 6) is 7.21. The quantitative estimate of drug-likeness (QED) is 0.183. The van der Waals surface area contributed by atoms with Crippen LogP contribution in [0.2, 0.25) is 0 Å². The second kappa shape index (κ2) is 111. The molecule has 147 valence electrons. The van der Waals surface area contributed by atoms with Gasteiger partial charge in [0.1, 0.15) is 0 Å². The monoisotopic (exact) mass is 605 g/mol. The first kappa shape index (κ1) is 56.4. The van der Waals surface area contributed by atoms with Crippen molar-refractivity contribution in [3.05, 3.63) is 85.1 Å². The van der Waals surface area contributed by atoms with Gasteiger partial charge in [-0.25, -0.2) is 0 Å². The Labute approximate surface area is 194 Å². The van der Waals surface area contributed by atoms with Crippen LogP contribution in [0, 0.1) is 103 Å². The van der Waals surface area contributed by atoms with E-state index in [1.807, 2.05) is 57.0 Å². The fourth-order valence-corrected chi connectivity index (χ4v) is 0.701. The van der Waals surface area contributed by atoms with Crippen LogP contribution in [0.25, 0.3) is 0 Å². The molecule has 5 radical (unpaired) electrons. The van der Waals surface area contributed by atoms with Crippen molar-refractivity contribution in [2.75, 3.05) is 14.1 Å². The van der Waals surface area contributed by atoms with Gasteiger partial charge in [0, 0.05) is 0 Å². The maximum absolute atomic E-state index is 7.50. The second-order valence-electron chi connectivity index (χ2n) is 2.54. The molecule has 29 heavy (non-hydrogen) atoms. The summed E-state index contributed by atoms with van der Waals surface area (Å²) in [6.07, 6.45) is 16.5. The predicted molar refractivity (Wildman–Crippen MR) is 82.6 cm³/mol. The molecule has 1 saturated carbocycles. The Morgan fingerprint density at radius 2 is 0.862 bits per heavy atom. The van der Waals surface area contributed by atoms with Gasteiger partial charge in [-0.3, -0.25) is 0 Å². The Bertz CT molecular complexity index is 471. The molecule has 0 aromatic heterocycles. The van der Waals surface area contributed by atoms with E-state index in [-0.39, 0.29) is 17.1 Å². The molecule has 1 fully saturated rings. The first-order chi connectivity index (χ1) is 13.7. The molecule has 1 rings (SSSR count). The zero-order valence-corrected chi connectivity index (χ0v) is 19.0. The van der Waals surface area contributed by atoms with Gasteiger partial charge in [0.15, 0.2) is 0 Å². The molecule has 0 unspecified atom stereocenters. The van der Waals surface area contributed by atoms with Crippen molar-refractivity contribution in [2.24, 2.45) is 0 Å². The van der Waals surface area contributed by atoms with Crippen molar-refractivity contribution in [3.63, 3.8) is 0 Å². The van der Waals surface area contributed by atoms with Crippen molar-refractivity contribution >= 4 is 4.02 Å². The normalized spacial score (nSPS) is 6.90. The van der Waals surface area contributed by atoms with Crippen LogP contribution < -0.4 is 0 Å². The molecule has 0 saturated heterocycles. The Kier molecular flexibility index (Phi) is 216. The van der Waals surface area contributed by atoms with E-state index in [0.29, 0.717) is 0 Å². The van der Waals surface area contributed by atoms with Gasteiger partial charge in [-0.15, -0.1) is 0 Å². The van der Waals surface area contributed by atoms with Gasteiger partial charge in [-0.2, -0.15) is 0 Å². The summed E-state index contributed by atoms with van der Waals surface area (Å²) < 4.78 is 53.5. The van der Waals surface area contributed by atoms with Gasteiger partial charge < -0.3 is 0 Å². The van der Waals surface area contributed by atoms with E-state index in [1.54, 1.807) is 0 Å². The van der Waals surface area contributed by atoms with E-state index < -0.39 is 0 Å². The van der Waals surface area contributed by atoms with Gasteiger partial charge in [0.05, 0.1) is 0 Å². The topological polar surface area (TPSA) is 143 Å². The maximum atomic E-state index is 7.50. The van der Waals surface area contributed by atoms with Crippen molar-refractivity contribution in [3.8, 4) is 17.8 Å². The average Bonchev–Trinajstić information content (AvgIpc) is 3.42. The molecule has 8 nitrogen and oxygen atoms in total. The van der Waals surface area contributed by atoms with Gasteiger partial charge in [0.25, 0.3) is 0 Å². The minimum Gasteiger partial charge on any atom is -0.0312 e. The summed E-state index contributed by atoms with van der Waals surface area (Å²) in [4.78, 5) is 1.93. The van der Waals surface area contributed by atoms with Crippen LogP contribution in [-0.4, -0.2) is 23.0 Å². The molecule has 10 heteroatoms. The summed E-state index contributed by atoms with van der Waals surface area (Å²) in [6.45, 7) is 31.5. The predicted octanol–water partition coefficient (Wildman–Crippen LogP) is 0.574. The Morgan fingerprint density at radius 3 is 1.00 bits per heavy atom. The van der Waals surface area contributed by atoms with Crippen molar-refractivity contribution in [1.82, 2.24) is 4.90 Å². The average molecular weight is 605 g/mol. The van der Waals surface area contributed by atoms with Crippen LogP contribution in [0.1, 0.15) is 0 Å². The Morgan fingerprint density at radius 1 is 0.655 bits per heavy atom. The van der Waals surface area contributed by atoms with Gasteiger partial charge in [0.2, 0.25) is 0 Å². The summed E-state index contributed by atoms with van der Waals surface area (Å²) in [6, 6.07) is 0. The molecule has 0 aromatic carbocycles. The third-order valence-electron chi connectivity index (χ3n) is 1.19. The molecular weight excluding hydrogens is 594 g/mol. The molecule has 0 N–H and O–H groups in total. The third-order valence-corrected chi connectivity index (χ3v) is 2.87. The molecule has 0 bridgehead atoms. The van der Waals surface area contributed by atoms with Crippen molar-refractivity contribution < 1.29 is 69.0 Å². The fourth-order valence-electron chi connectivity index (χ4n) is 0.517. The molecule has 0 aromatic rings. The first-order valence-electron chi connectivity index (χ1n) is 5.42. The van der Waals surface area contributed by atoms with Crippen LogP contribution >= 0.6 is 0 Å². The third kappa shape index (κ3) is 121. The van der Waals surface area contributed by atoms with Crippen LogP contribution in [-0.2, 0) is 69.0 Å². The molecule has 0 aliphatic heterocycles. The summed E-state index contributed by atoms with van der Waals surface area (Å²) in [7, 11) is 3.86. The van der Waals surface area contributed by atoms with E-state index in [2.05, 4.69) is 58.4 Å². The molecule has 1 aliphatic carbocycles. The second-order valence-corrected chi connectivity index (χ2v) is 3.93. The first-order valence-corrected chi connectivity index (χ1v) is 6.88. The van der Waals surface area contributed by atoms with E-state index in [0.717, 1.165) is 4.02 Å². The van der Waals surface area contributed by atoms with Gasteiger partial charge in [-0.1, -0.05) is 0 Å². The summed E-state index contributed by atoms with van der Waals surface area (Å²) in [5.41, 5.74) is 0. The van der Waals surface area contributed by atoms with Crippen LogP contribution in [0.15, 0.2) is 0 Å². The van der Waals surface area contributed by atoms with Gasteiger partial charge >= 0.3 is 163 Å². The van der Waals surface area contributed by atoms with Gasteiger partial charge in [-0.05, 0) is 32.1 Å². The number of hydrogen-bond donors (Lipinski definition) is 0. The smallest absolute Gasteiger partial charge is 0.0312 e. The zero-order valence-electron chi connectivity index (χ0n) is 15.0. The van der Waals surface area contributed by atoms with Crippen LogP contribution in [0.4, 0.5) is 0 Å². The Balaban J connectivity index is -0.0000000248. The SMILES string of the molecule is [C-]#CC#C[C](=[W])N(C)C.[C-]#[O+].[C-]#[O+].[C-]#[O+].[C-]#[O+].[C-]#[O+].[C-]#[O+].[C-]#[O+].[CH]1[CH][CH][CH][CH]1.[Fe+2]. The molecule has 0 atom stereocenters. The Hall–Kier alpha value is -1.66. The summed E-state index contributed by atoms with van der Waals surface area (Å²) in [5, 5.41) is 0. The van der Waals surface area contributed by atoms with Crippen molar-refractivity contribution in [1.29, 1.82) is 0 Å².